The Hall–Kier alpha value is -2.68. The van der Waals surface area contributed by atoms with Crippen LogP contribution in [-0.4, -0.2) is 46.8 Å². The van der Waals surface area contributed by atoms with E-state index in [0.29, 0.717) is 29.5 Å². The van der Waals surface area contributed by atoms with Crippen molar-refractivity contribution in [2.75, 3.05) is 32.8 Å². The highest BCUT2D eigenvalue weighted by Gasteiger charge is 2.14. The van der Waals surface area contributed by atoms with Crippen LogP contribution in [0.3, 0.4) is 0 Å². The first kappa shape index (κ1) is 18.7. The van der Waals surface area contributed by atoms with Crippen LogP contribution >= 0.6 is 0 Å². The van der Waals surface area contributed by atoms with Crippen LogP contribution in [0, 0.1) is 0 Å². The lowest BCUT2D eigenvalue weighted by Crippen LogP contribution is -2.33. The molecule has 0 bridgehead atoms. The lowest BCUT2D eigenvalue weighted by Gasteiger charge is -2.21. The van der Waals surface area contributed by atoms with Gasteiger partial charge in [0, 0.05) is 18.8 Å². The molecule has 0 atom stereocenters. The number of nitrogens with one attached hydrogen (secondary N) is 1. The van der Waals surface area contributed by atoms with E-state index in [0.717, 1.165) is 6.26 Å². The molecule has 0 aliphatic heterocycles. The summed E-state index contributed by atoms with van der Waals surface area (Å²) in [5.74, 6) is 1.92. The lowest BCUT2D eigenvalue weighted by molar-refractivity contribution is 0.355. The number of rotatable bonds is 6. The largest absolute Gasteiger partial charge is 0.493 e. The van der Waals surface area contributed by atoms with Gasteiger partial charge in [0.2, 0.25) is 5.96 Å². The van der Waals surface area contributed by atoms with Crippen molar-refractivity contribution in [1.29, 1.82) is 0 Å². The fourth-order valence-corrected chi connectivity index (χ4v) is 2.60. The summed E-state index contributed by atoms with van der Waals surface area (Å²) in [6.45, 7) is 0.349. The third kappa shape index (κ3) is 5.42. The zero-order chi connectivity index (χ0) is 18.4. The monoisotopic (exact) mass is 367 g/mol. The first-order valence-electron chi connectivity index (χ1n) is 7.35. The molecule has 9 heteroatoms. The summed E-state index contributed by atoms with van der Waals surface area (Å²) in [6, 6.07) is 8.70. The first-order chi connectivity index (χ1) is 11.8. The van der Waals surface area contributed by atoms with Crippen molar-refractivity contribution in [2.24, 2.45) is 4.40 Å². The zero-order valence-electron chi connectivity index (χ0n) is 14.5. The number of sulfonamides is 1. The van der Waals surface area contributed by atoms with Crippen molar-refractivity contribution in [1.82, 2.24) is 4.90 Å². The summed E-state index contributed by atoms with van der Waals surface area (Å²) < 4.78 is 42.8. The van der Waals surface area contributed by atoms with Crippen molar-refractivity contribution < 1.29 is 22.3 Å². The average Bonchev–Trinajstić information content (AvgIpc) is 3.05. The van der Waals surface area contributed by atoms with Gasteiger partial charge in [-0.1, -0.05) is 0 Å². The van der Waals surface area contributed by atoms with E-state index in [4.69, 9.17) is 13.9 Å². The van der Waals surface area contributed by atoms with Gasteiger partial charge in [-0.3, -0.25) is 0 Å². The van der Waals surface area contributed by atoms with Crippen LogP contribution in [0.4, 0.5) is 5.69 Å². The number of furan rings is 1. The molecule has 8 nitrogen and oxygen atoms in total. The van der Waals surface area contributed by atoms with E-state index < -0.39 is 10.0 Å². The number of hydrogen-bond acceptors (Lipinski definition) is 5. The maximum Gasteiger partial charge on any atom is 0.253 e. The molecule has 2 aromatic rings. The minimum absolute atomic E-state index is 0.158. The highest BCUT2D eigenvalue weighted by Crippen LogP contribution is 2.29. The number of hydrogen-bond donors (Lipinski definition) is 1. The molecule has 0 unspecified atom stereocenters. The van der Waals surface area contributed by atoms with E-state index in [2.05, 4.69) is 9.71 Å². The Morgan fingerprint density at radius 3 is 2.52 bits per heavy atom. The number of benzene rings is 1. The van der Waals surface area contributed by atoms with E-state index in [1.807, 2.05) is 0 Å². The molecular weight excluding hydrogens is 346 g/mol. The highest BCUT2D eigenvalue weighted by molar-refractivity contribution is 7.89. The summed E-state index contributed by atoms with van der Waals surface area (Å²) in [5.41, 5.74) is 0.603. The molecule has 0 saturated heterocycles. The number of guanidine groups is 1. The van der Waals surface area contributed by atoms with E-state index in [-0.39, 0.29) is 5.96 Å². The topological polar surface area (TPSA) is 93.4 Å². The van der Waals surface area contributed by atoms with Gasteiger partial charge in [-0.25, -0.2) is 8.42 Å². The molecule has 136 valence electrons. The molecule has 1 N–H and O–H groups in total. The fraction of sp³-hybridized carbons (Fsp3) is 0.312. The molecule has 0 amide bonds. The molecular formula is C16H21N3O5S. The van der Waals surface area contributed by atoms with Gasteiger partial charge in [0.15, 0.2) is 11.5 Å². The molecule has 1 aromatic carbocycles. The van der Waals surface area contributed by atoms with E-state index >= 15 is 0 Å². The molecule has 0 radical (unpaired) electrons. The number of nitrogens with zero attached hydrogens (tertiary/aromatic N) is 2. The van der Waals surface area contributed by atoms with Crippen molar-refractivity contribution in [2.45, 2.75) is 6.54 Å². The Kier molecular flexibility index (Phi) is 5.92. The minimum atomic E-state index is -3.60. The molecule has 25 heavy (non-hydrogen) atoms. The maximum atomic E-state index is 11.6. The van der Waals surface area contributed by atoms with Crippen LogP contribution in [0.1, 0.15) is 5.76 Å². The Bertz CT molecular complexity index is 831. The predicted octanol–water partition coefficient (Wildman–Crippen LogP) is 2.16. The zero-order valence-corrected chi connectivity index (χ0v) is 15.3. The molecule has 0 saturated carbocycles. The molecule has 2 rings (SSSR count). The quantitative estimate of drug-likeness (QED) is 0.618. The van der Waals surface area contributed by atoms with Gasteiger partial charge in [0.05, 0.1) is 33.3 Å². The molecule has 0 aliphatic carbocycles. The summed E-state index contributed by atoms with van der Waals surface area (Å²) >= 11 is 0. The fourth-order valence-electron chi connectivity index (χ4n) is 2.10. The van der Waals surface area contributed by atoms with Crippen molar-refractivity contribution in [3.8, 4) is 11.5 Å². The van der Waals surface area contributed by atoms with Gasteiger partial charge in [0.25, 0.3) is 10.0 Å². The van der Waals surface area contributed by atoms with E-state index in [1.54, 1.807) is 55.7 Å². The van der Waals surface area contributed by atoms with Crippen LogP contribution in [0.5, 0.6) is 11.5 Å². The van der Waals surface area contributed by atoms with Crippen molar-refractivity contribution in [3.63, 3.8) is 0 Å². The Labute approximate surface area is 147 Å². The van der Waals surface area contributed by atoms with Crippen LogP contribution in [0.2, 0.25) is 0 Å². The summed E-state index contributed by atoms with van der Waals surface area (Å²) in [7, 11) is 1.17. The van der Waals surface area contributed by atoms with Crippen LogP contribution in [0.15, 0.2) is 45.4 Å². The Balaban J connectivity index is 2.29. The Morgan fingerprint density at radius 1 is 1.24 bits per heavy atom. The van der Waals surface area contributed by atoms with Crippen molar-refractivity contribution in [3.05, 3.63) is 42.4 Å². The van der Waals surface area contributed by atoms with Gasteiger partial charge in [-0.05, 0) is 24.3 Å². The lowest BCUT2D eigenvalue weighted by atomic mass is 10.2. The summed E-state index contributed by atoms with van der Waals surface area (Å²) in [4.78, 5) is 1.64. The first-order valence-corrected chi connectivity index (χ1v) is 9.19. The molecule has 0 aliphatic rings. The van der Waals surface area contributed by atoms with Gasteiger partial charge >= 0.3 is 0 Å². The standard InChI is InChI=1S/C16H21N3O5S/c1-19(11-13-6-5-9-24-13)16(18-25(4,20)21)17-12-7-8-14(22-2)15(10-12)23-3/h5-10H,11H2,1-4H3,(H,17,18). The SMILES string of the molecule is COc1ccc(N/C(=N\S(C)(=O)=O)N(C)Cc2ccco2)cc1OC. The summed E-state index contributed by atoms with van der Waals surface area (Å²) in [5, 5.41) is 2.99. The molecule has 0 spiro atoms. The summed E-state index contributed by atoms with van der Waals surface area (Å²) in [6.07, 6.45) is 2.59. The van der Waals surface area contributed by atoms with Gasteiger partial charge in [-0.15, -0.1) is 4.40 Å². The normalized spacial score (nSPS) is 11.9. The average molecular weight is 367 g/mol. The third-order valence-electron chi connectivity index (χ3n) is 3.23. The maximum absolute atomic E-state index is 11.6. The second-order valence-corrected chi connectivity index (χ2v) is 6.93. The predicted molar refractivity (Wildman–Crippen MR) is 95.6 cm³/mol. The molecule has 1 aromatic heterocycles. The third-order valence-corrected chi connectivity index (χ3v) is 3.73. The minimum Gasteiger partial charge on any atom is -0.493 e. The molecule has 0 fully saturated rings. The second kappa shape index (κ2) is 7.93. The van der Waals surface area contributed by atoms with Crippen molar-refractivity contribution >= 4 is 21.7 Å². The Morgan fingerprint density at radius 2 is 1.96 bits per heavy atom. The molecule has 1 heterocycles. The van der Waals surface area contributed by atoms with Gasteiger partial charge in [0.1, 0.15) is 5.76 Å². The number of methoxy groups -OCH3 is 2. The van der Waals surface area contributed by atoms with Gasteiger partial charge < -0.3 is 24.1 Å². The number of ether oxygens (including phenoxy) is 2. The second-order valence-electron chi connectivity index (χ2n) is 5.28. The van der Waals surface area contributed by atoms with E-state index in [1.165, 1.54) is 7.11 Å². The number of anilines is 1. The van der Waals surface area contributed by atoms with E-state index in [9.17, 15) is 8.42 Å². The van der Waals surface area contributed by atoms with Gasteiger partial charge in [-0.2, -0.15) is 0 Å². The van der Waals surface area contributed by atoms with Crippen LogP contribution in [-0.2, 0) is 16.6 Å². The van der Waals surface area contributed by atoms with Crippen LogP contribution < -0.4 is 14.8 Å². The smallest absolute Gasteiger partial charge is 0.253 e. The highest BCUT2D eigenvalue weighted by atomic mass is 32.2. The van der Waals surface area contributed by atoms with Crippen LogP contribution in [0.25, 0.3) is 0 Å².